The molecular weight excluding hydrogens is 427 g/mol. The fraction of sp³-hybridized carbons (Fsp3) is 0. The average Bonchev–Trinajstić information content (AvgIpc) is 0. The van der Waals surface area contributed by atoms with E-state index in [4.69, 9.17) is 0 Å². The summed E-state index contributed by atoms with van der Waals surface area (Å²) in [6.45, 7) is 0. The van der Waals surface area contributed by atoms with Gasteiger partial charge in [-0.2, -0.15) is 0 Å². The van der Waals surface area contributed by atoms with Crippen LogP contribution in [-0.2, 0) is 77.6 Å². The van der Waals surface area contributed by atoms with Crippen molar-refractivity contribution in [3.63, 3.8) is 0 Å². The molecule has 0 saturated heterocycles. The molecule has 0 fully saturated rings. The first kappa shape index (κ1) is 35.5. The molecule has 0 saturated carbocycles. The molecule has 5 heteroatoms. The quantitative estimate of drug-likeness (QED) is 0.364. The number of hydrogen-bond acceptors (Lipinski definition) is 0. The van der Waals surface area contributed by atoms with Gasteiger partial charge in [0.2, 0.25) is 0 Å². The second kappa shape index (κ2) is 24.3. The van der Waals surface area contributed by atoms with Crippen LogP contribution in [0.2, 0.25) is 0 Å². The van der Waals surface area contributed by atoms with E-state index in [1.807, 2.05) is 0 Å². The molecule has 0 amide bonds. The van der Waals surface area contributed by atoms with E-state index in [-0.39, 0.29) is 130 Å². The fourth-order valence-electron chi connectivity index (χ4n) is 0. The van der Waals surface area contributed by atoms with E-state index < -0.39 is 0 Å². The van der Waals surface area contributed by atoms with Crippen molar-refractivity contribution in [2.75, 3.05) is 0 Å². The maximum Gasteiger partial charge on any atom is 1.00 e. The summed E-state index contributed by atoms with van der Waals surface area (Å²) in [7, 11) is 0. The minimum absolute atomic E-state index is 0. The molecule has 0 aliphatic rings. The standard InChI is InChI=1S/Fe.K.Mn.Mo.Ta.H/q;+1;;;;-1. The summed E-state index contributed by atoms with van der Waals surface area (Å²) in [4.78, 5) is 0. The molecule has 0 N–H and O–H groups in total. The summed E-state index contributed by atoms with van der Waals surface area (Å²) >= 11 is 0. The molecule has 2 radical (unpaired) electrons. The van der Waals surface area contributed by atoms with E-state index in [0.29, 0.717) is 0 Å². The van der Waals surface area contributed by atoms with Crippen molar-refractivity contribution in [2.24, 2.45) is 0 Å². The molecule has 5 heavy (non-hydrogen) atoms. The Balaban J connectivity index is 0. The van der Waals surface area contributed by atoms with Crippen LogP contribution in [-0.4, -0.2) is 0 Å². The number of hydrogen-bond donors (Lipinski definition) is 0. The smallest absolute Gasteiger partial charge is 1.00 e. The van der Waals surface area contributed by atoms with Crippen LogP contribution in [0.15, 0.2) is 0 Å². The Labute approximate surface area is 127 Å². The summed E-state index contributed by atoms with van der Waals surface area (Å²) < 4.78 is 0. The predicted octanol–water partition coefficient (Wildman–Crippen LogP) is -2.89. The SMILES string of the molecule is [Fe].[H-].[K+].[Mn].[Mo].[Ta]. The summed E-state index contributed by atoms with van der Waals surface area (Å²) in [5.41, 5.74) is 0. The predicted molar refractivity (Wildman–Crippen MR) is 1.11 cm³/mol. The largest absolute Gasteiger partial charge is 1.00 e. The first-order chi connectivity index (χ1) is 0. The van der Waals surface area contributed by atoms with Gasteiger partial charge in [-0.05, 0) is 0 Å². The number of rotatable bonds is 0. The first-order valence-electron chi connectivity index (χ1n) is 0. The summed E-state index contributed by atoms with van der Waals surface area (Å²) in [5, 5.41) is 0. The van der Waals surface area contributed by atoms with Gasteiger partial charge in [0, 0.05) is 77.6 Å². The molecule has 0 aromatic carbocycles. The van der Waals surface area contributed by atoms with Crippen molar-refractivity contribution in [1.29, 1.82) is 0 Å². The fourth-order valence-corrected chi connectivity index (χ4v) is 0. The third-order valence-electron chi connectivity index (χ3n) is 0. The molecular formula is HFeKMnMoTa. The van der Waals surface area contributed by atoms with Crippen LogP contribution in [0.4, 0.5) is 0 Å². The zero-order valence-corrected chi connectivity index (χ0v) is 13.2. The minimum Gasteiger partial charge on any atom is -1.00 e. The van der Waals surface area contributed by atoms with Crippen molar-refractivity contribution in [3.8, 4) is 0 Å². The van der Waals surface area contributed by atoms with Gasteiger partial charge in [0.15, 0.2) is 0 Å². The Morgan fingerprint density at radius 1 is 1.20 bits per heavy atom. The van der Waals surface area contributed by atoms with Gasteiger partial charge >= 0.3 is 51.4 Å². The maximum absolute atomic E-state index is 0. The topological polar surface area (TPSA) is 0 Å². The molecule has 0 aromatic rings. The molecule has 28 valence electrons. The van der Waals surface area contributed by atoms with Gasteiger partial charge in [-0.1, -0.05) is 0 Å². The summed E-state index contributed by atoms with van der Waals surface area (Å²) in [6, 6.07) is 0. The molecule has 0 rings (SSSR count). The van der Waals surface area contributed by atoms with Crippen LogP contribution in [0.1, 0.15) is 1.43 Å². The Bertz CT molecular complexity index is 15.5. The molecule has 0 aliphatic carbocycles. The molecule has 0 aliphatic heterocycles. The van der Waals surface area contributed by atoms with Gasteiger partial charge in [-0.25, -0.2) is 0 Å². The molecule has 0 unspecified atom stereocenters. The molecule has 0 spiro atoms. The van der Waals surface area contributed by atoms with E-state index in [2.05, 4.69) is 0 Å². The minimum atomic E-state index is 0. The van der Waals surface area contributed by atoms with Crippen molar-refractivity contribution >= 4 is 0 Å². The molecule has 0 atom stereocenters. The Morgan fingerprint density at radius 3 is 1.20 bits per heavy atom. The van der Waals surface area contributed by atoms with Gasteiger partial charge in [-0.3, -0.25) is 0 Å². The van der Waals surface area contributed by atoms with Gasteiger partial charge in [0.05, 0.1) is 0 Å². The Morgan fingerprint density at radius 2 is 1.20 bits per heavy atom. The zero-order chi connectivity index (χ0) is 0. The van der Waals surface area contributed by atoms with E-state index in [1.165, 1.54) is 0 Å². The second-order valence-electron chi connectivity index (χ2n) is 0. The van der Waals surface area contributed by atoms with Crippen molar-refractivity contribution in [3.05, 3.63) is 0 Å². The third-order valence-corrected chi connectivity index (χ3v) is 0. The van der Waals surface area contributed by atoms with Crippen LogP contribution in [0, 0.1) is 0 Å². The molecule has 0 bridgehead atoms. The van der Waals surface area contributed by atoms with Crippen LogP contribution in [0.3, 0.4) is 0 Å². The monoisotopic (exact) mass is 430 g/mol. The molecule has 0 heterocycles. The van der Waals surface area contributed by atoms with Crippen molar-refractivity contribution in [2.45, 2.75) is 0 Å². The molecule has 0 aromatic heterocycles. The Hall–Kier alpha value is 4.10. The van der Waals surface area contributed by atoms with Crippen LogP contribution in [0.25, 0.3) is 0 Å². The van der Waals surface area contributed by atoms with Gasteiger partial charge in [-0.15, -0.1) is 0 Å². The second-order valence-corrected chi connectivity index (χ2v) is 0. The average molecular weight is 428 g/mol. The third kappa shape index (κ3) is 17.9. The van der Waals surface area contributed by atoms with Gasteiger partial charge < -0.3 is 1.43 Å². The Kier molecular flexibility index (Phi) is 172. The summed E-state index contributed by atoms with van der Waals surface area (Å²) in [5.74, 6) is 0. The molecule has 0 nitrogen and oxygen atoms in total. The first-order valence-corrected chi connectivity index (χ1v) is 0. The van der Waals surface area contributed by atoms with E-state index in [9.17, 15) is 0 Å². The van der Waals surface area contributed by atoms with E-state index >= 15 is 0 Å². The van der Waals surface area contributed by atoms with Crippen molar-refractivity contribution < 1.29 is 130 Å². The van der Waals surface area contributed by atoms with Crippen LogP contribution in [0.5, 0.6) is 0 Å². The van der Waals surface area contributed by atoms with Crippen LogP contribution < -0.4 is 51.4 Å². The van der Waals surface area contributed by atoms with Crippen LogP contribution >= 0.6 is 0 Å². The van der Waals surface area contributed by atoms with E-state index in [1.54, 1.807) is 0 Å². The van der Waals surface area contributed by atoms with Crippen molar-refractivity contribution in [1.82, 2.24) is 0 Å². The maximum atomic E-state index is 0. The van der Waals surface area contributed by atoms with E-state index in [0.717, 1.165) is 0 Å². The zero-order valence-electron chi connectivity index (χ0n) is 3.59. The summed E-state index contributed by atoms with van der Waals surface area (Å²) in [6.07, 6.45) is 0. The van der Waals surface area contributed by atoms with Gasteiger partial charge in [0.1, 0.15) is 0 Å². The normalized spacial score (nSPS) is 0. The van der Waals surface area contributed by atoms with Gasteiger partial charge in [0.25, 0.3) is 0 Å².